The number of hydrogen-bond acceptors (Lipinski definition) is 3. The summed E-state index contributed by atoms with van der Waals surface area (Å²) in [6.45, 7) is 3.07. The van der Waals surface area contributed by atoms with Crippen LogP contribution in [0.1, 0.15) is 12.5 Å². The summed E-state index contributed by atoms with van der Waals surface area (Å²) in [7, 11) is 1.58. The molecule has 1 heterocycles. The van der Waals surface area contributed by atoms with Crippen LogP contribution in [-0.2, 0) is 6.54 Å². The Bertz CT molecular complexity index is 361. The van der Waals surface area contributed by atoms with Crippen molar-refractivity contribution in [1.82, 2.24) is 10.3 Å². The van der Waals surface area contributed by atoms with Crippen molar-refractivity contribution in [3.63, 3.8) is 0 Å². The Hall–Kier alpha value is -0.940. The van der Waals surface area contributed by atoms with E-state index >= 15 is 0 Å². The van der Waals surface area contributed by atoms with Crippen LogP contribution in [0.4, 0.5) is 14.6 Å². The van der Waals surface area contributed by atoms with E-state index < -0.39 is 6.43 Å². The van der Waals surface area contributed by atoms with Gasteiger partial charge in [0.15, 0.2) is 0 Å². The highest BCUT2D eigenvalue weighted by atomic mass is 35.5. The first-order valence-electron chi connectivity index (χ1n) is 5.39. The predicted octanol–water partition coefficient (Wildman–Crippen LogP) is 2.55. The quantitative estimate of drug-likeness (QED) is 0.855. The Labute approximate surface area is 105 Å². The maximum atomic E-state index is 12.2. The number of aromatic nitrogens is 1. The number of hydrogen-bond donors (Lipinski definition) is 1. The normalized spacial score (nSPS) is 10.9. The zero-order valence-electron chi connectivity index (χ0n) is 9.88. The van der Waals surface area contributed by atoms with Crippen molar-refractivity contribution in [1.29, 1.82) is 0 Å². The Morgan fingerprint density at radius 2 is 2.24 bits per heavy atom. The lowest BCUT2D eigenvalue weighted by atomic mass is 10.2. The summed E-state index contributed by atoms with van der Waals surface area (Å²) in [5.41, 5.74) is 0.861. The average molecular weight is 264 g/mol. The monoisotopic (exact) mass is 263 g/mol. The maximum Gasteiger partial charge on any atom is 0.255 e. The van der Waals surface area contributed by atoms with Crippen LogP contribution < -0.4 is 10.2 Å². The molecular formula is C11H16ClF2N3. The molecule has 96 valence electrons. The van der Waals surface area contributed by atoms with E-state index in [1.807, 2.05) is 6.92 Å². The first-order valence-corrected chi connectivity index (χ1v) is 5.76. The van der Waals surface area contributed by atoms with Crippen LogP contribution in [0.2, 0.25) is 5.02 Å². The third-order valence-electron chi connectivity index (χ3n) is 2.29. The van der Waals surface area contributed by atoms with Gasteiger partial charge in [0.1, 0.15) is 5.82 Å². The van der Waals surface area contributed by atoms with E-state index in [0.717, 1.165) is 12.1 Å². The molecule has 0 aliphatic rings. The lowest BCUT2D eigenvalue weighted by molar-refractivity contribution is 0.156. The number of alkyl halides is 2. The van der Waals surface area contributed by atoms with Gasteiger partial charge in [0.2, 0.25) is 0 Å². The lowest BCUT2D eigenvalue weighted by Gasteiger charge is -2.18. The summed E-state index contributed by atoms with van der Waals surface area (Å²) in [5, 5.41) is 3.68. The van der Waals surface area contributed by atoms with E-state index in [4.69, 9.17) is 11.6 Å². The van der Waals surface area contributed by atoms with Crippen LogP contribution in [0.5, 0.6) is 0 Å². The molecule has 0 spiro atoms. The van der Waals surface area contributed by atoms with Crippen LogP contribution in [-0.4, -0.2) is 31.5 Å². The number of nitrogens with one attached hydrogen (secondary N) is 1. The van der Waals surface area contributed by atoms with Crippen LogP contribution in [0.15, 0.2) is 12.3 Å². The van der Waals surface area contributed by atoms with Gasteiger partial charge >= 0.3 is 0 Å². The van der Waals surface area contributed by atoms with E-state index in [0.29, 0.717) is 17.4 Å². The van der Waals surface area contributed by atoms with Gasteiger partial charge < -0.3 is 10.2 Å². The van der Waals surface area contributed by atoms with Crippen LogP contribution in [0.3, 0.4) is 0 Å². The third kappa shape index (κ3) is 4.44. The smallest absolute Gasteiger partial charge is 0.255 e. The minimum atomic E-state index is -2.38. The molecule has 0 bridgehead atoms. The third-order valence-corrected chi connectivity index (χ3v) is 2.63. The van der Waals surface area contributed by atoms with Gasteiger partial charge in [0.25, 0.3) is 6.43 Å². The summed E-state index contributed by atoms with van der Waals surface area (Å²) in [5.74, 6) is 0.502. The first kappa shape index (κ1) is 14.1. The van der Waals surface area contributed by atoms with Crippen molar-refractivity contribution < 1.29 is 8.78 Å². The summed E-state index contributed by atoms with van der Waals surface area (Å²) >= 11 is 5.97. The highest BCUT2D eigenvalue weighted by Gasteiger charge is 2.11. The number of rotatable bonds is 6. The molecule has 0 unspecified atom stereocenters. The minimum Gasteiger partial charge on any atom is -0.354 e. The van der Waals surface area contributed by atoms with E-state index in [-0.39, 0.29) is 6.54 Å². The van der Waals surface area contributed by atoms with Gasteiger partial charge in [-0.1, -0.05) is 18.5 Å². The molecule has 0 aliphatic heterocycles. The zero-order valence-corrected chi connectivity index (χ0v) is 10.6. The first-order chi connectivity index (χ1) is 8.04. The Balaban J connectivity index is 2.80. The maximum absolute atomic E-state index is 12.2. The lowest BCUT2D eigenvalue weighted by Crippen LogP contribution is -2.25. The molecule has 0 fully saturated rings. The molecule has 0 radical (unpaired) electrons. The molecular weight excluding hydrogens is 248 g/mol. The second-order valence-corrected chi connectivity index (χ2v) is 4.09. The molecule has 17 heavy (non-hydrogen) atoms. The Kier molecular flexibility index (Phi) is 5.58. The summed E-state index contributed by atoms with van der Waals surface area (Å²) in [6, 6.07) is 1.73. The van der Waals surface area contributed by atoms with Crippen molar-refractivity contribution >= 4 is 17.4 Å². The highest BCUT2D eigenvalue weighted by Crippen LogP contribution is 2.20. The van der Waals surface area contributed by atoms with E-state index in [2.05, 4.69) is 10.3 Å². The molecule has 6 heteroatoms. The summed E-state index contributed by atoms with van der Waals surface area (Å²) < 4.78 is 24.5. The predicted molar refractivity (Wildman–Crippen MR) is 65.9 cm³/mol. The molecule has 1 aromatic heterocycles. The average Bonchev–Trinajstić information content (AvgIpc) is 2.27. The van der Waals surface area contributed by atoms with Crippen molar-refractivity contribution in [2.45, 2.75) is 19.9 Å². The van der Waals surface area contributed by atoms with Gasteiger partial charge in [-0.15, -0.1) is 0 Å². The molecule has 0 aromatic carbocycles. The molecule has 1 aromatic rings. The largest absolute Gasteiger partial charge is 0.354 e. The van der Waals surface area contributed by atoms with Crippen LogP contribution >= 0.6 is 11.6 Å². The molecule has 0 aliphatic carbocycles. The van der Waals surface area contributed by atoms with Gasteiger partial charge in [0, 0.05) is 19.8 Å². The van der Waals surface area contributed by atoms with Gasteiger partial charge in [0.05, 0.1) is 11.6 Å². The number of anilines is 1. The second kappa shape index (κ2) is 6.71. The van der Waals surface area contributed by atoms with Crippen molar-refractivity contribution in [2.75, 3.05) is 25.0 Å². The van der Waals surface area contributed by atoms with Crippen LogP contribution in [0, 0.1) is 0 Å². The molecule has 3 nitrogen and oxygen atoms in total. The van der Waals surface area contributed by atoms with E-state index in [9.17, 15) is 8.78 Å². The fourth-order valence-electron chi connectivity index (χ4n) is 1.37. The topological polar surface area (TPSA) is 28.2 Å². The van der Waals surface area contributed by atoms with Gasteiger partial charge in [-0.2, -0.15) is 0 Å². The minimum absolute atomic E-state index is 0.338. The summed E-state index contributed by atoms with van der Waals surface area (Å²) in [6.07, 6.45) is -0.888. The zero-order chi connectivity index (χ0) is 12.8. The number of nitrogens with zero attached hydrogens (tertiary/aromatic N) is 2. The number of halogens is 3. The van der Waals surface area contributed by atoms with E-state index in [1.54, 1.807) is 13.1 Å². The fourth-order valence-corrected chi connectivity index (χ4v) is 1.54. The second-order valence-electron chi connectivity index (χ2n) is 3.69. The van der Waals surface area contributed by atoms with Gasteiger partial charge in [-0.3, -0.25) is 0 Å². The van der Waals surface area contributed by atoms with Gasteiger partial charge in [-0.05, 0) is 18.2 Å². The van der Waals surface area contributed by atoms with E-state index in [1.165, 1.54) is 11.1 Å². The molecule has 0 atom stereocenters. The highest BCUT2D eigenvalue weighted by molar-refractivity contribution is 6.31. The SMILES string of the molecule is CCNCc1cc(N(C)CC(F)F)ncc1Cl. The summed E-state index contributed by atoms with van der Waals surface area (Å²) in [4.78, 5) is 5.45. The van der Waals surface area contributed by atoms with Gasteiger partial charge in [-0.25, -0.2) is 13.8 Å². The number of pyridine rings is 1. The molecule has 1 rings (SSSR count). The van der Waals surface area contributed by atoms with Crippen molar-refractivity contribution in [3.05, 3.63) is 22.8 Å². The molecule has 1 N–H and O–H groups in total. The standard InChI is InChI=1S/C11H16ClF2N3/c1-3-15-5-8-4-11(16-6-9(8)12)17(2)7-10(13)14/h4,6,10,15H,3,5,7H2,1-2H3. The van der Waals surface area contributed by atoms with Crippen molar-refractivity contribution in [3.8, 4) is 0 Å². The fraction of sp³-hybridized carbons (Fsp3) is 0.545. The molecule has 0 saturated carbocycles. The van der Waals surface area contributed by atoms with Crippen LogP contribution in [0.25, 0.3) is 0 Å². The molecule has 0 saturated heterocycles. The van der Waals surface area contributed by atoms with Crippen molar-refractivity contribution in [2.24, 2.45) is 0 Å². The Morgan fingerprint density at radius 3 is 2.82 bits per heavy atom. The Morgan fingerprint density at radius 1 is 1.53 bits per heavy atom. The molecule has 0 amide bonds.